The number of sulfonamides is 1. The van der Waals surface area contributed by atoms with Gasteiger partial charge >= 0.3 is 0 Å². The Bertz CT molecular complexity index is 951. The Morgan fingerprint density at radius 2 is 2.04 bits per heavy atom. The van der Waals surface area contributed by atoms with Crippen molar-refractivity contribution in [2.45, 2.75) is 38.3 Å². The maximum Gasteiger partial charge on any atom is 0.271 e. The van der Waals surface area contributed by atoms with Crippen LogP contribution in [-0.4, -0.2) is 27.5 Å². The van der Waals surface area contributed by atoms with E-state index >= 15 is 0 Å². The molecule has 2 heterocycles. The van der Waals surface area contributed by atoms with Crippen LogP contribution in [0.4, 0.5) is 11.4 Å². The van der Waals surface area contributed by atoms with Crippen LogP contribution >= 0.6 is 11.3 Å². The lowest BCUT2D eigenvalue weighted by molar-refractivity contribution is -0.127. The number of hydrogen-bond acceptors (Lipinski definition) is 5. The zero-order valence-electron chi connectivity index (χ0n) is 16.6. The van der Waals surface area contributed by atoms with Gasteiger partial charge in [0, 0.05) is 6.54 Å². The maximum absolute atomic E-state index is 13.1. The number of thiophene rings is 1. The molecule has 1 amide bonds. The van der Waals surface area contributed by atoms with Gasteiger partial charge in [-0.05, 0) is 55.8 Å². The first-order chi connectivity index (χ1) is 13.1. The number of nitrogens with zero attached hydrogens (tertiary/aromatic N) is 1. The molecule has 28 heavy (non-hydrogen) atoms. The summed E-state index contributed by atoms with van der Waals surface area (Å²) in [5.74, 6) is 0.996. The number of hydrogen-bond donors (Lipinski definition) is 1. The van der Waals surface area contributed by atoms with Crippen molar-refractivity contribution < 1.29 is 17.9 Å². The lowest BCUT2D eigenvalue weighted by Crippen LogP contribution is -2.42. The van der Waals surface area contributed by atoms with Gasteiger partial charge in [0.05, 0.1) is 16.8 Å². The topological polar surface area (TPSA) is 75.7 Å². The normalized spacial score (nSPS) is 16.5. The lowest BCUT2D eigenvalue weighted by atomic mass is 9.92. The number of benzene rings is 1. The fourth-order valence-electron chi connectivity index (χ4n) is 2.94. The van der Waals surface area contributed by atoms with Crippen LogP contribution in [0.5, 0.6) is 5.75 Å². The first-order valence-electron chi connectivity index (χ1n) is 9.25. The molecule has 0 radical (unpaired) electrons. The number of ether oxygens (including phenoxy) is 1. The van der Waals surface area contributed by atoms with E-state index in [1.165, 1.54) is 0 Å². The number of nitrogens with one attached hydrogen (secondary N) is 1. The van der Waals surface area contributed by atoms with Gasteiger partial charge in [-0.15, -0.1) is 11.3 Å². The maximum atomic E-state index is 13.1. The summed E-state index contributed by atoms with van der Waals surface area (Å²) >= 11 is 1.15. The monoisotopic (exact) mass is 422 g/mol. The minimum absolute atomic E-state index is 0.0230. The third-order valence-electron chi connectivity index (χ3n) is 4.60. The van der Waals surface area contributed by atoms with Crippen molar-refractivity contribution in [3.8, 4) is 5.75 Å². The molecule has 6 nitrogen and oxygen atoms in total. The van der Waals surface area contributed by atoms with E-state index in [-0.39, 0.29) is 16.7 Å². The first kappa shape index (κ1) is 20.7. The third-order valence-corrected chi connectivity index (χ3v) is 7.38. The van der Waals surface area contributed by atoms with E-state index in [2.05, 4.69) is 18.6 Å². The van der Waals surface area contributed by atoms with Gasteiger partial charge in [-0.25, -0.2) is 8.42 Å². The molecule has 0 fully saturated rings. The van der Waals surface area contributed by atoms with E-state index in [0.29, 0.717) is 29.6 Å². The van der Waals surface area contributed by atoms with Gasteiger partial charge in [0.2, 0.25) is 5.91 Å². The molecule has 152 valence electrons. The van der Waals surface area contributed by atoms with Gasteiger partial charge in [0.1, 0.15) is 16.6 Å². The summed E-state index contributed by atoms with van der Waals surface area (Å²) < 4.78 is 33.8. The van der Waals surface area contributed by atoms with Gasteiger partial charge < -0.3 is 9.64 Å². The highest BCUT2D eigenvalue weighted by Crippen LogP contribution is 2.39. The molecule has 0 atom stereocenters. The molecule has 2 aromatic rings. The summed E-state index contributed by atoms with van der Waals surface area (Å²) in [5, 5.41) is 1.72. The van der Waals surface area contributed by atoms with Crippen LogP contribution in [0.1, 0.15) is 34.1 Å². The van der Waals surface area contributed by atoms with Crippen LogP contribution in [0.15, 0.2) is 39.9 Å². The molecule has 1 N–H and O–H groups in total. The largest absolute Gasteiger partial charge is 0.490 e. The molecule has 8 heteroatoms. The van der Waals surface area contributed by atoms with Crippen molar-refractivity contribution >= 4 is 38.6 Å². The predicted molar refractivity (Wildman–Crippen MR) is 113 cm³/mol. The van der Waals surface area contributed by atoms with Crippen LogP contribution in [0.25, 0.3) is 0 Å². The average Bonchev–Trinajstić information content (AvgIpc) is 3.13. The van der Waals surface area contributed by atoms with E-state index in [9.17, 15) is 13.2 Å². The SMILES string of the molecule is CC(C)CCN1C(=O)C(C)(C)COc2ccc(NS(=O)(=O)c3cccs3)cc21. The summed E-state index contributed by atoms with van der Waals surface area (Å²) in [6, 6.07) is 8.31. The molecule has 0 saturated heterocycles. The number of rotatable bonds is 6. The quantitative estimate of drug-likeness (QED) is 0.751. The average molecular weight is 423 g/mol. The Morgan fingerprint density at radius 3 is 2.68 bits per heavy atom. The Labute approximate surface area is 170 Å². The Hall–Kier alpha value is -2.06. The highest BCUT2D eigenvalue weighted by atomic mass is 32.2. The molecule has 0 spiro atoms. The van der Waals surface area contributed by atoms with Crippen LogP contribution in [0.3, 0.4) is 0 Å². The predicted octanol–water partition coefficient (Wildman–Crippen LogP) is 4.35. The molecular formula is C20H26N2O4S2. The van der Waals surface area contributed by atoms with Crippen LogP contribution in [0, 0.1) is 11.3 Å². The van der Waals surface area contributed by atoms with Gasteiger partial charge in [-0.1, -0.05) is 19.9 Å². The van der Waals surface area contributed by atoms with Crippen LogP contribution in [0.2, 0.25) is 0 Å². The van der Waals surface area contributed by atoms with Gasteiger partial charge in [-0.2, -0.15) is 0 Å². The van der Waals surface area contributed by atoms with Crippen molar-refractivity contribution in [3.63, 3.8) is 0 Å². The second kappa shape index (κ2) is 7.75. The number of fused-ring (bicyclic) bond motifs is 1. The van der Waals surface area contributed by atoms with Gasteiger partial charge in [-0.3, -0.25) is 9.52 Å². The van der Waals surface area contributed by atoms with E-state index < -0.39 is 15.4 Å². The highest BCUT2D eigenvalue weighted by molar-refractivity contribution is 7.94. The van der Waals surface area contributed by atoms with Crippen molar-refractivity contribution in [3.05, 3.63) is 35.7 Å². The number of carbonyl (C=O) groups is 1. The molecule has 1 aliphatic rings. The molecule has 1 aromatic heterocycles. The smallest absolute Gasteiger partial charge is 0.271 e. The molecule has 0 saturated carbocycles. The lowest BCUT2D eigenvalue weighted by Gasteiger charge is -2.28. The summed E-state index contributed by atoms with van der Waals surface area (Å²) in [6.45, 7) is 8.77. The van der Waals surface area contributed by atoms with Gasteiger partial charge in [0.15, 0.2) is 0 Å². The van der Waals surface area contributed by atoms with E-state index in [1.807, 2.05) is 13.8 Å². The van der Waals surface area contributed by atoms with E-state index in [0.717, 1.165) is 17.8 Å². The molecule has 0 unspecified atom stereocenters. The van der Waals surface area contributed by atoms with Crippen molar-refractivity contribution in [1.29, 1.82) is 0 Å². The molecule has 1 aromatic carbocycles. The minimum Gasteiger partial charge on any atom is -0.490 e. The van der Waals surface area contributed by atoms with E-state index in [4.69, 9.17) is 4.74 Å². The first-order valence-corrected chi connectivity index (χ1v) is 11.6. The van der Waals surface area contributed by atoms with Crippen molar-refractivity contribution in [2.24, 2.45) is 11.3 Å². The number of carbonyl (C=O) groups excluding carboxylic acids is 1. The second-order valence-corrected chi connectivity index (χ2v) is 10.9. The van der Waals surface area contributed by atoms with Crippen molar-refractivity contribution in [2.75, 3.05) is 22.8 Å². The van der Waals surface area contributed by atoms with Crippen LogP contribution in [-0.2, 0) is 14.8 Å². The molecule has 3 rings (SSSR count). The summed E-state index contributed by atoms with van der Waals surface area (Å²) in [6.07, 6.45) is 0.840. The zero-order valence-corrected chi connectivity index (χ0v) is 18.2. The fraction of sp³-hybridized carbons (Fsp3) is 0.450. The third kappa shape index (κ3) is 4.33. The van der Waals surface area contributed by atoms with Crippen molar-refractivity contribution in [1.82, 2.24) is 0 Å². The molecule has 0 bridgehead atoms. The Balaban J connectivity index is 1.97. The molecule has 1 aliphatic heterocycles. The summed E-state index contributed by atoms with van der Waals surface area (Å²) in [4.78, 5) is 14.9. The minimum atomic E-state index is -3.66. The van der Waals surface area contributed by atoms with Crippen LogP contribution < -0.4 is 14.4 Å². The zero-order chi connectivity index (χ0) is 20.5. The number of anilines is 2. The second-order valence-electron chi connectivity index (χ2n) is 8.03. The molecule has 0 aliphatic carbocycles. The fourth-order valence-corrected chi connectivity index (χ4v) is 4.98. The standard InChI is InChI=1S/C20H26N2O4S2/c1-14(2)9-10-22-16-12-15(21-28(24,25)18-6-5-11-27-18)7-8-17(16)26-13-20(3,4)19(22)23/h5-8,11-12,14,21H,9-10,13H2,1-4H3. The Kier molecular flexibility index (Phi) is 5.72. The number of amides is 1. The van der Waals surface area contributed by atoms with Gasteiger partial charge in [0.25, 0.3) is 10.0 Å². The summed E-state index contributed by atoms with van der Waals surface area (Å²) in [5.41, 5.74) is 0.340. The highest BCUT2D eigenvalue weighted by Gasteiger charge is 2.37. The summed E-state index contributed by atoms with van der Waals surface area (Å²) in [7, 11) is -3.66. The van der Waals surface area contributed by atoms with E-state index in [1.54, 1.807) is 40.6 Å². The Morgan fingerprint density at radius 1 is 1.29 bits per heavy atom. The molecular weight excluding hydrogens is 396 g/mol.